The number of benzene rings is 1. The van der Waals surface area contributed by atoms with Crippen molar-refractivity contribution in [2.75, 3.05) is 31.2 Å². The molecule has 0 radical (unpaired) electrons. The van der Waals surface area contributed by atoms with Crippen LogP contribution in [0.4, 0.5) is 5.69 Å². The molecule has 0 spiro atoms. The van der Waals surface area contributed by atoms with Crippen LogP contribution in [-0.4, -0.2) is 48.9 Å². The van der Waals surface area contributed by atoms with E-state index < -0.39 is 0 Å². The van der Waals surface area contributed by atoms with E-state index in [4.69, 9.17) is 4.74 Å². The highest BCUT2D eigenvalue weighted by atomic mass is 16.5. The number of piperidine rings is 1. The van der Waals surface area contributed by atoms with Gasteiger partial charge >= 0.3 is 0 Å². The molecule has 3 amide bonds. The van der Waals surface area contributed by atoms with Gasteiger partial charge in [-0.25, -0.2) is 0 Å². The highest BCUT2D eigenvalue weighted by Gasteiger charge is 2.31. The summed E-state index contributed by atoms with van der Waals surface area (Å²) in [6.07, 6.45) is 4.02. The Morgan fingerprint density at radius 3 is 2.54 bits per heavy atom. The zero-order valence-corrected chi connectivity index (χ0v) is 14.9. The van der Waals surface area contributed by atoms with Gasteiger partial charge < -0.3 is 9.64 Å². The monoisotopic (exact) mass is 356 g/mol. The molecule has 3 rings (SSSR count). The van der Waals surface area contributed by atoms with E-state index in [1.54, 1.807) is 30.3 Å². The van der Waals surface area contributed by atoms with Gasteiger partial charge in [0.1, 0.15) is 0 Å². The lowest BCUT2D eigenvalue weighted by Crippen LogP contribution is -2.39. The molecule has 2 aliphatic heterocycles. The van der Waals surface area contributed by atoms with E-state index in [0.717, 1.165) is 12.8 Å². The smallest absolute Gasteiger partial charge is 0.253 e. The second-order valence-electron chi connectivity index (χ2n) is 6.73. The molecular weight excluding hydrogens is 332 g/mol. The first-order chi connectivity index (χ1) is 12.6. The lowest BCUT2D eigenvalue weighted by molar-refractivity contribution is -0.121. The predicted molar refractivity (Wildman–Crippen MR) is 97.8 cm³/mol. The second kappa shape index (κ2) is 8.27. The first-order valence-electron chi connectivity index (χ1n) is 9.04. The number of amides is 3. The highest BCUT2D eigenvalue weighted by molar-refractivity contribution is 6.20. The SMILES string of the molecule is C=CCOCC1CCN(C(=O)c2cccc(N3C(=O)CCC3=O)c2)CC1. The van der Waals surface area contributed by atoms with Crippen molar-refractivity contribution in [3.63, 3.8) is 0 Å². The van der Waals surface area contributed by atoms with Gasteiger partial charge in [-0.1, -0.05) is 12.1 Å². The molecular formula is C20H24N2O4. The standard InChI is InChI=1S/C20H24N2O4/c1-2-12-26-14-15-8-10-21(11-9-15)20(25)16-4-3-5-17(13-16)22-18(23)6-7-19(22)24/h2-5,13,15H,1,6-12,14H2. The van der Waals surface area contributed by atoms with E-state index in [0.29, 0.717) is 43.5 Å². The zero-order valence-electron chi connectivity index (χ0n) is 14.9. The van der Waals surface area contributed by atoms with E-state index in [1.165, 1.54) is 4.90 Å². The number of anilines is 1. The first kappa shape index (κ1) is 18.3. The van der Waals surface area contributed by atoms with Gasteiger partial charge in [-0.2, -0.15) is 0 Å². The van der Waals surface area contributed by atoms with Crippen LogP contribution in [0, 0.1) is 5.92 Å². The normalized spacial score (nSPS) is 18.5. The number of hydrogen-bond donors (Lipinski definition) is 0. The van der Waals surface area contributed by atoms with Crippen molar-refractivity contribution in [3.8, 4) is 0 Å². The van der Waals surface area contributed by atoms with Gasteiger partial charge in [0.2, 0.25) is 11.8 Å². The number of imide groups is 1. The van der Waals surface area contributed by atoms with Gasteiger partial charge in [0.25, 0.3) is 5.91 Å². The zero-order chi connectivity index (χ0) is 18.5. The summed E-state index contributed by atoms with van der Waals surface area (Å²) in [6, 6.07) is 6.79. The molecule has 2 fully saturated rings. The van der Waals surface area contributed by atoms with Crippen molar-refractivity contribution in [1.29, 1.82) is 0 Å². The quantitative estimate of drug-likeness (QED) is 0.446. The third kappa shape index (κ3) is 4.02. The molecule has 2 saturated heterocycles. The lowest BCUT2D eigenvalue weighted by atomic mass is 9.97. The molecule has 1 aromatic rings. The van der Waals surface area contributed by atoms with E-state index in [2.05, 4.69) is 6.58 Å². The van der Waals surface area contributed by atoms with E-state index in [-0.39, 0.29) is 30.6 Å². The fraction of sp³-hybridized carbons (Fsp3) is 0.450. The van der Waals surface area contributed by atoms with Crippen molar-refractivity contribution < 1.29 is 19.1 Å². The fourth-order valence-electron chi connectivity index (χ4n) is 3.45. The van der Waals surface area contributed by atoms with Crippen molar-refractivity contribution in [2.45, 2.75) is 25.7 Å². The van der Waals surface area contributed by atoms with Crippen LogP contribution < -0.4 is 4.90 Å². The summed E-state index contributed by atoms with van der Waals surface area (Å²) in [7, 11) is 0. The van der Waals surface area contributed by atoms with E-state index in [9.17, 15) is 14.4 Å². The fourth-order valence-corrected chi connectivity index (χ4v) is 3.45. The Labute approximate surface area is 153 Å². The number of rotatable bonds is 6. The van der Waals surface area contributed by atoms with Gasteiger partial charge in [0.05, 0.1) is 12.3 Å². The van der Waals surface area contributed by atoms with Crippen LogP contribution in [0.5, 0.6) is 0 Å². The number of likely N-dealkylation sites (tertiary alicyclic amines) is 1. The molecule has 138 valence electrons. The molecule has 0 N–H and O–H groups in total. The molecule has 2 aliphatic rings. The van der Waals surface area contributed by atoms with Crippen LogP contribution in [0.1, 0.15) is 36.0 Å². The van der Waals surface area contributed by atoms with E-state index >= 15 is 0 Å². The summed E-state index contributed by atoms with van der Waals surface area (Å²) in [6.45, 7) is 6.26. The van der Waals surface area contributed by atoms with Crippen LogP contribution >= 0.6 is 0 Å². The van der Waals surface area contributed by atoms with Crippen molar-refractivity contribution in [1.82, 2.24) is 4.90 Å². The Bertz CT molecular complexity index is 692. The molecule has 0 aliphatic carbocycles. The van der Waals surface area contributed by atoms with E-state index in [1.807, 2.05) is 4.90 Å². The minimum atomic E-state index is -0.208. The molecule has 6 heteroatoms. The Kier molecular flexibility index (Phi) is 5.83. The largest absolute Gasteiger partial charge is 0.377 e. The minimum absolute atomic E-state index is 0.0589. The molecule has 0 saturated carbocycles. The molecule has 0 aromatic heterocycles. The van der Waals surface area contributed by atoms with Gasteiger partial charge in [-0.15, -0.1) is 6.58 Å². The molecule has 6 nitrogen and oxygen atoms in total. The topological polar surface area (TPSA) is 66.9 Å². The van der Waals surface area contributed by atoms with Crippen LogP contribution in [-0.2, 0) is 14.3 Å². The molecule has 0 unspecified atom stereocenters. The Balaban J connectivity index is 1.62. The summed E-state index contributed by atoms with van der Waals surface area (Å²) in [5.74, 6) is -0.0125. The highest BCUT2D eigenvalue weighted by Crippen LogP contribution is 2.25. The van der Waals surface area contributed by atoms with Gasteiger partial charge in [-0.05, 0) is 37.0 Å². The lowest BCUT2D eigenvalue weighted by Gasteiger charge is -2.32. The average Bonchev–Trinajstić information content (AvgIpc) is 3.00. The number of carbonyl (C=O) groups excluding carboxylic acids is 3. The summed E-state index contributed by atoms with van der Waals surface area (Å²) < 4.78 is 5.50. The third-order valence-electron chi connectivity index (χ3n) is 4.89. The molecule has 1 aromatic carbocycles. The number of carbonyl (C=O) groups is 3. The van der Waals surface area contributed by atoms with Crippen LogP contribution in [0.3, 0.4) is 0 Å². The van der Waals surface area contributed by atoms with Gasteiger partial charge in [0, 0.05) is 38.1 Å². The minimum Gasteiger partial charge on any atom is -0.377 e. The van der Waals surface area contributed by atoms with Crippen LogP contribution in [0.2, 0.25) is 0 Å². The maximum atomic E-state index is 12.8. The first-order valence-corrected chi connectivity index (χ1v) is 9.04. The number of hydrogen-bond acceptors (Lipinski definition) is 4. The molecule has 2 heterocycles. The Hall–Kier alpha value is -2.47. The summed E-state index contributed by atoms with van der Waals surface area (Å²) >= 11 is 0. The maximum absolute atomic E-state index is 12.8. The molecule has 0 atom stereocenters. The summed E-state index contributed by atoms with van der Waals surface area (Å²) in [5.41, 5.74) is 0.993. The van der Waals surface area contributed by atoms with Gasteiger partial charge in [-0.3, -0.25) is 19.3 Å². The van der Waals surface area contributed by atoms with Crippen LogP contribution in [0.15, 0.2) is 36.9 Å². The van der Waals surface area contributed by atoms with Crippen molar-refractivity contribution in [2.24, 2.45) is 5.92 Å². The maximum Gasteiger partial charge on any atom is 0.253 e. The van der Waals surface area contributed by atoms with Crippen molar-refractivity contribution in [3.05, 3.63) is 42.5 Å². The van der Waals surface area contributed by atoms with Gasteiger partial charge in [0.15, 0.2) is 0 Å². The Morgan fingerprint density at radius 2 is 1.88 bits per heavy atom. The second-order valence-corrected chi connectivity index (χ2v) is 6.73. The van der Waals surface area contributed by atoms with Crippen LogP contribution in [0.25, 0.3) is 0 Å². The third-order valence-corrected chi connectivity index (χ3v) is 4.89. The molecule has 26 heavy (non-hydrogen) atoms. The molecule has 0 bridgehead atoms. The van der Waals surface area contributed by atoms with Crippen molar-refractivity contribution >= 4 is 23.4 Å². The summed E-state index contributed by atoms with van der Waals surface area (Å²) in [4.78, 5) is 39.6. The number of ether oxygens (including phenoxy) is 1. The predicted octanol–water partition coefficient (Wildman–Crippen LogP) is 2.39. The average molecular weight is 356 g/mol. The summed E-state index contributed by atoms with van der Waals surface area (Å²) in [5, 5.41) is 0. The Morgan fingerprint density at radius 1 is 1.19 bits per heavy atom. The number of nitrogens with zero attached hydrogens (tertiary/aromatic N) is 2.